The van der Waals surface area contributed by atoms with E-state index in [-0.39, 0.29) is 0 Å². The SMILES string of the molecule is CCC(Cc1ccccc1)NCC1(C)CCCS1. The highest BCUT2D eigenvalue weighted by atomic mass is 32.2. The summed E-state index contributed by atoms with van der Waals surface area (Å²) < 4.78 is 0.476. The molecule has 1 aromatic rings. The van der Waals surface area contributed by atoms with Crippen LogP contribution in [0.3, 0.4) is 0 Å². The van der Waals surface area contributed by atoms with Crippen molar-refractivity contribution in [3.8, 4) is 0 Å². The van der Waals surface area contributed by atoms with E-state index < -0.39 is 0 Å². The molecule has 18 heavy (non-hydrogen) atoms. The van der Waals surface area contributed by atoms with Gasteiger partial charge < -0.3 is 5.32 Å². The van der Waals surface area contributed by atoms with Crippen LogP contribution in [0, 0.1) is 0 Å². The summed E-state index contributed by atoms with van der Waals surface area (Å²) in [7, 11) is 0. The van der Waals surface area contributed by atoms with E-state index in [1.807, 2.05) is 0 Å². The Kier molecular flexibility index (Phi) is 5.13. The van der Waals surface area contributed by atoms with Crippen LogP contribution in [0.15, 0.2) is 30.3 Å². The molecule has 0 radical (unpaired) electrons. The Balaban J connectivity index is 1.82. The first-order valence-corrected chi connectivity index (χ1v) is 8.12. The van der Waals surface area contributed by atoms with Crippen molar-refractivity contribution in [1.29, 1.82) is 0 Å². The maximum atomic E-state index is 3.78. The van der Waals surface area contributed by atoms with E-state index in [9.17, 15) is 0 Å². The van der Waals surface area contributed by atoms with Gasteiger partial charge in [-0.05, 0) is 43.9 Å². The molecule has 1 N–H and O–H groups in total. The first kappa shape index (κ1) is 14.0. The van der Waals surface area contributed by atoms with Gasteiger partial charge in [-0.15, -0.1) is 0 Å². The van der Waals surface area contributed by atoms with E-state index in [4.69, 9.17) is 0 Å². The van der Waals surface area contributed by atoms with Gasteiger partial charge in [0.2, 0.25) is 0 Å². The molecule has 1 heterocycles. The predicted octanol–water partition coefficient (Wildman–Crippen LogP) is 3.88. The molecule has 2 heteroatoms. The van der Waals surface area contributed by atoms with Crippen LogP contribution in [0.25, 0.3) is 0 Å². The maximum Gasteiger partial charge on any atom is 0.0256 e. The molecule has 0 aliphatic carbocycles. The summed E-state index contributed by atoms with van der Waals surface area (Å²) in [5.74, 6) is 1.34. The lowest BCUT2D eigenvalue weighted by Crippen LogP contribution is -2.40. The first-order chi connectivity index (χ1) is 8.72. The highest BCUT2D eigenvalue weighted by Crippen LogP contribution is 2.37. The standard InChI is InChI=1S/C16H25NS/c1-3-15(12-14-8-5-4-6-9-14)17-13-16(2)10-7-11-18-16/h4-6,8-9,15,17H,3,7,10-13H2,1-2H3. The number of hydrogen-bond donors (Lipinski definition) is 1. The number of nitrogens with one attached hydrogen (secondary N) is 1. The molecule has 1 fully saturated rings. The zero-order valence-electron chi connectivity index (χ0n) is 11.6. The molecular weight excluding hydrogens is 238 g/mol. The van der Waals surface area contributed by atoms with Crippen molar-refractivity contribution < 1.29 is 0 Å². The number of rotatable bonds is 6. The quantitative estimate of drug-likeness (QED) is 0.836. The highest BCUT2D eigenvalue weighted by molar-refractivity contribution is 8.00. The molecule has 0 bridgehead atoms. The Labute approximate surface area is 116 Å². The summed E-state index contributed by atoms with van der Waals surface area (Å²) in [6.45, 7) is 5.85. The summed E-state index contributed by atoms with van der Waals surface area (Å²) >= 11 is 2.14. The van der Waals surface area contributed by atoms with Gasteiger partial charge in [-0.1, -0.05) is 37.3 Å². The minimum atomic E-state index is 0.476. The minimum absolute atomic E-state index is 0.476. The fourth-order valence-electron chi connectivity index (χ4n) is 2.60. The fourth-order valence-corrected chi connectivity index (χ4v) is 3.85. The van der Waals surface area contributed by atoms with E-state index in [2.05, 4.69) is 61.3 Å². The molecule has 100 valence electrons. The molecule has 2 rings (SSSR count). The Hall–Kier alpha value is -0.470. The van der Waals surface area contributed by atoms with Gasteiger partial charge in [-0.25, -0.2) is 0 Å². The third-order valence-electron chi connectivity index (χ3n) is 3.88. The smallest absolute Gasteiger partial charge is 0.0256 e. The summed E-state index contributed by atoms with van der Waals surface area (Å²) in [6.07, 6.45) is 5.11. The Morgan fingerprint density at radius 1 is 1.33 bits per heavy atom. The summed E-state index contributed by atoms with van der Waals surface area (Å²) in [5.41, 5.74) is 1.45. The van der Waals surface area contributed by atoms with Gasteiger partial charge in [0.15, 0.2) is 0 Å². The second-order valence-electron chi connectivity index (χ2n) is 5.58. The van der Waals surface area contributed by atoms with Crippen molar-refractivity contribution in [3.63, 3.8) is 0 Å². The van der Waals surface area contributed by atoms with Gasteiger partial charge in [0, 0.05) is 17.3 Å². The van der Waals surface area contributed by atoms with Gasteiger partial charge in [0.1, 0.15) is 0 Å². The van der Waals surface area contributed by atoms with Crippen LogP contribution in [0.4, 0.5) is 0 Å². The van der Waals surface area contributed by atoms with Crippen molar-refractivity contribution in [2.45, 2.75) is 50.3 Å². The monoisotopic (exact) mass is 263 g/mol. The lowest BCUT2D eigenvalue weighted by molar-refractivity contribution is 0.448. The zero-order chi connectivity index (χ0) is 12.8. The van der Waals surface area contributed by atoms with Crippen LogP contribution in [-0.4, -0.2) is 23.1 Å². The number of hydrogen-bond acceptors (Lipinski definition) is 2. The van der Waals surface area contributed by atoms with Crippen LogP contribution < -0.4 is 5.32 Å². The molecule has 1 saturated heterocycles. The largest absolute Gasteiger partial charge is 0.312 e. The van der Waals surface area contributed by atoms with Crippen molar-refractivity contribution >= 4 is 11.8 Å². The van der Waals surface area contributed by atoms with Crippen molar-refractivity contribution in [1.82, 2.24) is 5.32 Å². The summed E-state index contributed by atoms with van der Waals surface area (Å²) in [5, 5.41) is 3.78. The fraction of sp³-hybridized carbons (Fsp3) is 0.625. The second-order valence-corrected chi connectivity index (χ2v) is 7.26. The Morgan fingerprint density at radius 3 is 2.72 bits per heavy atom. The molecule has 0 amide bonds. The summed E-state index contributed by atoms with van der Waals surface area (Å²) in [4.78, 5) is 0. The molecule has 1 aliphatic rings. The average Bonchev–Trinajstić information content (AvgIpc) is 2.83. The maximum absolute atomic E-state index is 3.78. The van der Waals surface area contributed by atoms with Gasteiger partial charge in [0.05, 0.1) is 0 Å². The molecule has 0 saturated carbocycles. The molecule has 0 aromatic heterocycles. The van der Waals surface area contributed by atoms with Crippen LogP contribution in [0.5, 0.6) is 0 Å². The molecule has 2 atom stereocenters. The minimum Gasteiger partial charge on any atom is -0.312 e. The van der Waals surface area contributed by atoms with Crippen LogP contribution in [0.2, 0.25) is 0 Å². The van der Waals surface area contributed by atoms with Gasteiger partial charge in [0.25, 0.3) is 0 Å². The first-order valence-electron chi connectivity index (χ1n) is 7.13. The van der Waals surface area contributed by atoms with Gasteiger partial charge >= 0.3 is 0 Å². The molecular formula is C16H25NS. The second kappa shape index (κ2) is 6.63. The summed E-state index contributed by atoms with van der Waals surface area (Å²) in [6, 6.07) is 11.4. The van der Waals surface area contributed by atoms with Crippen molar-refractivity contribution in [3.05, 3.63) is 35.9 Å². The number of thioether (sulfide) groups is 1. The van der Waals surface area contributed by atoms with E-state index in [1.54, 1.807) is 0 Å². The van der Waals surface area contributed by atoms with E-state index >= 15 is 0 Å². The number of benzene rings is 1. The topological polar surface area (TPSA) is 12.0 Å². The molecule has 0 spiro atoms. The average molecular weight is 263 g/mol. The van der Waals surface area contributed by atoms with Crippen molar-refractivity contribution in [2.24, 2.45) is 0 Å². The lowest BCUT2D eigenvalue weighted by atomic mass is 10.0. The van der Waals surface area contributed by atoms with Gasteiger partial charge in [-0.3, -0.25) is 0 Å². The van der Waals surface area contributed by atoms with E-state index in [0.29, 0.717) is 10.8 Å². The third kappa shape index (κ3) is 4.03. The molecule has 2 unspecified atom stereocenters. The predicted molar refractivity (Wildman–Crippen MR) is 82.3 cm³/mol. The van der Waals surface area contributed by atoms with Crippen LogP contribution >= 0.6 is 11.8 Å². The molecule has 1 aromatic carbocycles. The van der Waals surface area contributed by atoms with Crippen LogP contribution in [0.1, 0.15) is 38.7 Å². The molecule has 1 nitrogen and oxygen atoms in total. The van der Waals surface area contributed by atoms with Crippen molar-refractivity contribution in [2.75, 3.05) is 12.3 Å². The highest BCUT2D eigenvalue weighted by Gasteiger charge is 2.29. The zero-order valence-corrected chi connectivity index (χ0v) is 12.4. The third-order valence-corrected chi connectivity index (χ3v) is 5.42. The van der Waals surface area contributed by atoms with Crippen LogP contribution in [-0.2, 0) is 6.42 Å². The van der Waals surface area contributed by atoms with E-state index in [0.717, 1.165) is 13.0 Å². The normalized spacial score (nSPS) is 25.2. The van der Waals surface area contributed by atoms with E-state index in [1.165, 1.54) is 30.6 Å². The lowest BCUT2D eigenvalue weighted by Gasteiger charge is -2.27. The Bertz CT molecular complexity index is 343. The van der Waals surface area contributed by atoms with Gasteiger partial charge in [-0.2, -0.15) is 11.8 Å². The Morgan fingerprint density at radius 2 is 2.11 bits per heavy atom. The molecule has 1 aliphatic heterocycles.